The minimum atomic E-state index is -0.0558. The zero-order valence-corrected chi connectivity index (χ0v) is 13.7. The van der Waals surface area contributed by atoms with E-state index in [1.54, 1.807) is 0 Å². The number of hydrogen-bond donors (Lipinski definition) is 3. The SMILES string of the molecule is O=C(Nc1ccc(Nc2ccccc2)cc1)C1CCc2n[nH]nc2C1. The molecule has 3 N–H and O–H groups in total. The van der Waals surface area contributed by atoms with Gasteiger partial charge in [-0.05, 0) is 49.2 Å². The third-order valence-electron chi connectivity index (χ3n) is 4.46. The summed E-state index contributed by atoms with van der Waals surface area (Å²) < 4.78 is 0. The lowest BCUT2D eigenvalue weighted by atomic mass is 9.89. The van der Waals surface area contributed by atoms with E-state index in [0.717, 1.165) is 41.3 Å². The van der Waals surface area contributed by atoms with Crippen LogP contribution in [0.3, 0.4) is 0 Å². The quantitative estimate of drug-likeness (QED) is 0.684. The van der Waals surface area contributed by atoms with Crippen molar-refractivity contribution in [3.8, 4) is 0 Å². The van der Waals surface area contributed by atoms with Crippen molar-refractivity contribution in [3.05, 3.63) is 66.0 Å². The third kappa shape index (κ3) is 3.52. The van der Waals surface area contributed by atoms with Gasteiger partial charge in [-0.2, -0.15) is 15.4 Å². The van der Waals surface area contributed by atoms with Gasteiger partial charge >= 0.3 is 0 Å². The van der Waals surface area contributed by atoms with Crippen molar-refractivity contribution < 1.29 is 4.79 Å². The predicted octanol–water partition coefficient (Wildman–Crippen LogP) is 3.29. The Morgan fingerprint density at radius 1 is 0.920 bits per heavy atom. The molecule has 1 unspecified atom stereocenters. The lowest BCUT2D eigenvalue weighted by molar-refractivity contribution is -0.120. The number of aromatic nitrogens is 3. The zero-order valence-electron chi connectivity index (χ0n) is 13.7. The average Bonchev–Trinajstić information content (AvgIpc) is 3.12. The number of amides is 1. The highest BCUT2D eigenvalue weighted by molar-refractivity contribution is 5.93. The second-order valence-electron chi connectivity index (χ2n) is 6.21. The maximum absolute atomic E-state index is 12.5. The van der Waals surface area contributed by atoms with Gasteiger partial charge < -0.3 is 10.6 Å². The Bertz CT molecular complexity index is 857. The van der Waals surface area contributed by atoms with E-state index in [9.17, 15) is 4.79 Å². The van der Waals surface area contributed by atoms with E-state index >= 15 is 0 Å². The Kier molecular flexibility index (Phi) is 4.16. The van der Waals surface area contributed by atoms with Crippen molar-refractivity contribution in [3.63, 3.8) is 0 Å². The largest absolute Gasteiger partial charge is 0.356 e. The number of fused-ring (bicyclic) bond motifs is 1. The normalized spacial score (nSPS) is 16.1. The first kappa shape index (κ1) is 15.4. The molecule has 1 atom stereocenters. The molecule has 0 saturated heterocycles. The monoisotopic (exact) mass is 333 g/mol. The van der Waals surface area contributed by atoms with Crippen molar-refractivity contribution in [2.45, 2.75) is 19.3 Å². The number of aromatic amines is 1. The Hall–Kier alpha value is -3.15. The molecule has 0 aliphatic heterocycles. The topological polar surface area (TPSA) is 82.7 Å². The van der Waals surface area contributed by atoms with Gasteiger partial charge in [-0.3, -0.25) is 4.79 Å². The van der Waals surface area contributed by atoms with E-state index in [2.05, 4.69) is 26.0 Å². The number of para-hydroxylation sites is 1. The molecule has 3 aromatic rings. The molecule has 126 valence electrons. The summed E-state index contributed by atoms with van der Waals surface area (Å²) in [5.74, 6) is -0.0165. The number of H-pyrrole nitrogens is 1. The van der Waals surface area contributed by atoms with E-state index in [4.69, 9.17) is 0 Å². The summed E-state index contributed by atoms with van der Waals surface area (Å²) in [4.78, 5) is 12.5. The third-order valence-corrected chi connectivity index (χ3v) is 4.46. The lowest BCUT2D eigenvalue weighted by Gasteiger charge is -2.19. The molecule has 6 nitrogen and oxygen atoms in total. The number of nitrogens with one attached hydrogen (secondary N) is 3. The van der Waals surface area contributed by atoms with Gasteiger partial charge in [0.1, 0.15) is 0 Å². The van der Waals surface area contributed by atoms with E-state index in [1.165, 1.54) is 0 Å². The van der Waals surface area contributed by atoms with E-state index in [-0.39, 0.29) is 11.8 Å². The van der Waals surface area contributed by atoms with Crippen LogP contribution in [0.15, 0.2) is 54.6 Å². The Morgan fingerprint density at radius 3 is 2.40 bits per heavy atom. The number of rotatable bonds is 4. The molecule has 1 aliphatic carbocycles. The molecule has 0 saturated carbocycles. The summed E-state index contributed by atoms with van der Waals surface area (Å²) in [7, 11) is 0. The fourth-order valence-corrected chi connectivity index (χ4v) is 3.08. The molecule has 1 aliphatic rings. The number of anilines is 3. The number of carbonyl (C=O) groups is 1. The predicted molar refractivity (Wildman–Crippen MR) is 96.7 cm³/mol. The maximum atomic E-state index is 12.5. The zero-order chi connectivity index (χ0) is 17.1. The molecule has 0 fully saturated rings. The van der Waals surface area contributed by atoms with E-state index in [0.29, 0.717) is 6.42 Å². The highest BCUT2D eigenvalue weighted by Gasteiger charge is 2.27. The highest BCUT2D eigenvalue weighted by atomic mass is 16.1. The summed E-state index contributed by atoms with van der Waals surface area (Å²) in [5.41, 5.74) is 4.71. The van der Waals surface area contributed by atoms with Crippen molar-refractivity contribution in [2.75, 3.05) is 10.6 Å². The first-order valence-corrected chi connectivity index (χ1v) is 8.39. The van der Waals surface area contributed by atoms with Gasteiger partial charge in [0.2, 0.25) is 5.91 Å². The van der Waals surface area contributed by atoms with Crippen LogP contribution in [-0.2, 0) is 17.6 Å². The summed E-state index contributed by atoms with van der Waals surface area (Å²) in [6.07, 6.45) is 2.24. The van der Waals surface area contributed by atoms with E-state index in [1.807, 2.05) is 54.6 Å². The Morgan fingerprint density at radius 2 is 1.60 bits per heavy atom. The summed E-state index contributed by atoms with van der Waals surface area (Å²) in [5, 5.41) is 17.2. The van der Waals surface area contributed by atoms with Crippen LogP contribution < -0.4 is 10.6 Å². The average molecular weight is 333 g/mol. The Balaban J connectivity index is 1.37. The summed E-state index contributed by atoms with van der Waals surface area (Å²) in [6.45, 7) is 0. The van der Waals surface area contributed by atoms with Crippen LogP contribution in [0.25, 0.3) is 0 Å². The number of nitrogens with zero attached hydrogens (tertiary/aromatic N) is 2. The van der Waals surface area contributed by atoms with Crippen LogP contribution in [0, 0.1) is 5.92 Å². The van der Waals surface area contributed by atoms with Crippen LogP contribution in [0.2, 0.25) is 0 Å². The minimum Gasteiger partial charge on any atom is -0.356 e. The molecule has 6 heteroatoms. The molecule has 25 heavy (non-hydrogen) atoms. The first-order valence-electron chi connectivity index (χ1n) is 8.39. The molecular weight excluding hydrogens is 314 g/mol. The van der Waals surface area contributed by atoms with Gasteiger partial charge in [0, 0.05) is 29.4 Å². The molecule has 1 amide bonds. The molecule has 0 radical (unpaired) electrons. The molecule has 0 bridgehead atoms. The molecule has 1 heterocycles. The van der Waals surface area contributed by atoms with Crippen molar-refractivity contribution in [1.29, 1.82) is 0 Å². The van der Waals surface area contributed by atoms with Gasteiger partial charge in [0.05, 0.1) is 11.4 Å². The van der Waals surface area contributed by atoms with Crippen molar-refractivity contribution in [2.24, 2.45) is 5.92 Å². The van der Waals surface area contributed by atoms with Crippen LogP contribution in [0.5, 0.6) is 0 Å². The second kappa shape index (κ2) is 6.76. The number of carbonyl (C=O) groups excluding carboxylic acids is 1. The minimum absolute atomic E-state index is 0.0393. The highest BCUT2D eigenvalue weighted by Crippen LogP contribution is 2.24. The fraction of sp³-hybridized carbons (Fsp3) is 0.211. The molecular formula is C19H19N5O. The van der Waals surface area contributed by atoms with Gasteiger partial charge in [0.15, 0.2) is 0 Å². The lowest BCUT2D eigenvalue weighted by Crippen LogP contribution is -2.28. The van der Waals surface area contributed by atoms with Crippen LogP contribution in [0.4, 0.5) is 17.1 Å². The van der Waals surface area contributed by atoms with Gasteiger partial charge in [-0.25, -0.2) is 0 Å². The number of benzene rings is 2. The standard InChI is InChI=1S/C19H19N5O/c25-19(13-6-11-17-18(12-13)23-24-22-17)21-16-9-7-15(8-10-16)20-14-4-2-1-3-5-14/h1-5,7-10,13,20H,6,11-12H2,(H,21,25)(H,22,23,24). The van der Waals surface area contributed by atoms with Crippen molar-refractivity contribution in [1.82, 2.24) is 15.4 Å². The fourth-order valence-electron chi connectivity index (χ4n) is 3.08. The van der Waals surface area contributed by atoms with Gasteiger partial charge in [-0.1, -0.05) is 18.2 Å². The van der Waals surface area contributed by atoms with Crippen LogP contribution >= 0.6 is 0 Å². The maximum Gasteiger partial charge on any atom is 0.227 e. The summed E-state index contributed by atoms with van der Waals surface area (Å²) >= 11 is 0. The molecule has 1 aromatic heterocycles. The van der Waals surface area contributed by atoms with E-state index < -0.39 is 0 Å². The molecule has 4 rings (SSSR count). The smallest absolute Gasteiger partial charge is 0.227 e. The first-order chi connectivity index (χ1) is 12.3. The van der Waals surface area contributed by atoms with Gasteiger partial charge in [0.25, 0.3) is 0 Å². The van der Waals surface area contributed by atoms with Gasteiger partial charge in [-0.15, -0.1) is 0 Å². The summed E-state index contributed by atoms with van der Waals surface area (Å²) in [6, 6.07) is 17.7. The Labute approximate surface area is 145 Å². The molecule has 2 aromatic carbocycles. The van der Waals surface area contributed by atoms with Crippen LogP contribution in [0.1, 0.15) is 17.8 Å². The van der Waals surface area contributed by atoms with Crippen molar-refractivity contribution >= 4 is 23.0 Å². The molecule has 0 spiro atoms. The number of hydrogen-bond acceptors (Lipinski definition) is 4. The van der Waals surface area contributed by atoms with Crippen LogP contribution in [-0.4, -0.2) is 21.3 Å². The second-order valence-corrected chi connectivity index (χ2v) is 6.21. The number of aryl methyl sites for hydroxylation is 1.